The predicted octanol–water partition coefficient (Wildman–Crippen LogP) is 3.82. The minimum absolute atomic E-state index is 0.0680. The smallest absolute Gasteiger partial charge is 0.303 e. The number of carbonyl (C=O) groups is 2. The molecule has 0 bridgehead atoms. The fraction of sp³-hybridized carbons (Fsp3) is 0.467. The second-order valence-corrected chi connectivity index (χ2v) is 7.37. The van der Waals surface area contributed by atoms with Gasteiger partial charge in [0.05, 0.1) is 4.88 Å². The number of carbonyl (C=O) groups excluding carboxylic acids is 1. The first-order valence-electron chi connectivity index (χ1n) is 7.15. The monoisotopic (exact) mass is 323 g/mol. The van der Waals surface area contributed by atoms with Crippen LogP contribution in [0.5, 0.6) is 0 Å². The number of carboxylic acids is 1. The molecule has 0 aliphatic carbocycles. The Morgan fingerprint density at radius 1 is 1.33 bits per heavy atom. The van der Waals surface area contributed by atoms with E-state index in [1.807, 2.05) is 22.4 Å². The highest BCUT2D eigenvalue weighted by Crippen LogP contribution is 2.32. The average molecular weight is 323 g/mol. The van der Waals surface area contributed by atoms with Gasteiger partial charge >= 0.3 is 5.97 Å². The molecule has 21 heavy (non-hydrogen) atoms. The lowest BCUT2D eigenvalue weighted by molar-refractivity contribution is -0.137. The van der Waals surface area contributed by atoms with Gasteiger partial charge in [-0.1, -0.05) is 0 Å². The van der Waals surface area contributed by atoms with E-state index in [4.69, 9.17) is 5.11 Å². The lowest BCUT2D eigenvalue weighted by atomic mass is 9.97. The summed E-state index contributed by atoms with van der Waals surface area (Å²) in [6.07, 6.45) is 3.69. The van der Waals surface area contributed by atoms with Crippen molar-refractivity contribution in [2.75, 3.05) is 6.54 Å². The summed E-state index contributed by atoms with van der Waals surface area (Å²) in [4.78, 5) is 26.2. The normalized spacial score (nSPS) is 19.0. The van der Waals surface area contributed by atoms with Gasteiger partial charge in [-0.15, -0.1) is 22.7 Å². The van der Waals surface area contributed by atoms with Gasteiger partial charge in [0, 0.05) is 28.4 Å². The molecular formula is C15H17NO3S2. The molecule has 0 aromatic carbocycles. The topological polar surface area (TPSA) is 57.6 Å². The van der Waals surface area contributed by atoms with Crippen LogP contribution in [0.4, 0.5) is 0 Å². The standard InChI is InChI=1S/C15H17NO3S2/c17-14(18)5-4-10-3-1-2-7-16(10)15(19)13-9-12-11(21-13)6-8-20-12/h6,8-10H,1-5,7H2,(H,17,18). The number of hydrogen-bond acceptors (Lipinski definition) is 4. The van der Waals surface area contributed by atoms with E-state index in [2.05, 4.69) is 0 Å². The Labute approximate surface area is 131 Å². The minimum Gasteiger partial charge on any atom is -0.481 e. The van der Waals surface area contributed by atoms with Crippen molar-refractivity contribution in [2.45, 2.75) is 38.1 Å². The number of rotatable bonds is 4. The first kappa shape index (κ1) is 14.5. The maximum absolute atomic E-state index is 12.7. The van der Waals surface area contributed by atoms with Crippen molar-refractivity contribution in [1.29, 1.82) is 0 Å². The fourth-order valence-corrected chi connectivity index (χ4v) is 4.94. The molecule has 1 amide bonds. The maximum atomic E-state index is 12.7. The molecule has 3 heterocycles. The predicted molar refractivity (Wildman–Crippen MR) is 85.2 cm³/mol. The average Bonchev–Trinajstić information content (AvgIpc) is 3.05. The van der Waals surface area contributed by atoms with E-state index >= 15 is 0 Å². The van der Waals surface area contributed by atoms with Crippen LogP contribution in [-0.2, 0) is 4.79 Å². The summed E-state index contributed by atoms with van der Waals surface area (Å²) < 4.78 is 2.31. The third kappa shape index (κ3) is 3.11. The molecule has 1 aliphatic heterocycles. The van der Waals surface area contributed by atoms with Crippen molar-refractivity contribution in [2.24, 2.45) is 0 Å². The summed E-state index contributed by atoms with van der Waals surface area (Å²) in [6, 6.07) is 4.08. The number of thiophene rings is 2. The first-order valence-corrected chi connectivity index (χ1v) is 8.84. The lowest BCUT2D eigenvalue weighted by Crippen LogP contribution is -2.43. The van der Waals surface area contributed by atoms with Crippen LogP contribution in [0.25, 0.3) is 9.40 Å². The van der Waals surface area contributed by atoms with Crippen LogP contribution in [0.1, 0.15) is 41.8 Å². The molecule has 1 aliphatic rings. The Morgan fingerprint density at radius 3 is 2.95 bits per heavy atom. The van der Waals surface area contributed by atoms with Crippen molar-refractivity contribution in [1.82, 2.24) is 4.90 Å². The van der Waals surface area contributed by atoms with Gasteiger partial charge in [0.25, 0.3) is 5.91 Å². The van der Waals surface area contributed by atoms with E-state index in [1.54, 1.807) is 11.3 Å². The third-order valence-electron chi connectivity index (χ3n) is 3.93. The second kappa shape index (κ2) is 6.15. The largest absolute Gasteiger partial charge is 0.481 e. The van der Waals surface area contributed by atoms with Crippen LogP contribution in [0, 0.1) is 0 Å². The van der Waals surface area contributed by atoms with Crippen molar-refractivity contribution < 1.29 is 14.7 Å². The van der Waals surface area contributed by atoms with Crippen LogP contribution in [0.2, 0.25) is 0 Å². The Morgan fingerprint density at radius 2 is 2.19 bits per heavy atom. The van der Waals surface area contributed by atoms with Crippen LogP contribution in [0.3, 0.4) is 0 Å². The zero-order valence-electron chi connectivity index (χ0n) is 11.6. The first-order chi connectivity index (χ1) is 10.1. The quantitative estimate of drug-likeness (QED) is 0.930. The van der Waals surface area contributed by atoms with E-state index in [-0.39, 0.29) is 18.4 Å². The number of carboxylic acid groups (broad SMARTS) is 1. The number of likely N-dealkylation sites (tertiary alicyclic amines) is 1. The Hall–Kier alpha value is -1.40. The van der Waals surface area contributed by atoms with E-state index in [0.717, 1.165) is 40.1 Å². The van der Waals surface area contributed by atoms with Crippen LogP contribution in [-0.4, -0.2) is 34.5 Å². The summed E-state index contributed by atoms with van der Waals surface area (Å²) in [5, 5.41) is 10.9. The van der Waals surface area contributed by atoms with Gasteiger partial charge in [-0.05, 0) is 43.2 Å². The SMILES string of the molecule is O=C(O)CCC1CCCCN1C(=O)c1cc2sccc2s1. The Kier molecular flexibility index (Phi) is 4.26. The van der Waals surface area contributed by atoms with Crippen molar-refractivity contribution in [3.8, 4) is 0 Å². The summed E-state index contributed by atoms with van der Waals surface area (Å²) in [5.41, 5.74) is 0. The molecular weight excluding hydrogens is 306 g/mol. The zero-order valence-corrected chi connectivity index (χ0v) is 13.2. The highest BCUT2D eigenvalue weighted by molar-refractivity contribution is 7.27. The molecule has 0 radical (unpaired) electrons. The second-order valence-electron chi connectivity index (χ2n) is 5.34. The minimum atomic E-state index is -0.787. The highest BCUT2D eigenvalue weighted by atomic mass is 32.1. The number of nitrogens with zero attached hydrogens (tertiary/aromatic N) is 1. The van der Waals surface area contributed by atoms with Gasteiger partial charge in [-0.25, -0.2) is 0 Å². The van der Waals surface area contributed by atoms with Crippen molar-refractivity contribution in [3.63, 3.8) is 0 Å². The summed E-state index contributed by atoms with van der Waals surface area (Å²) >= 11 is 3.18. The highest BCUT2D eigenvalue weighted by Gasteiger charge is 2.28. The zero-order chi connectivity index (χ0) is 14.8. The van der Waals surface area contributed by atoms with Crippen LogP contribution >= 0.6 is 22.7 Å². The van der Waals surface area contributed by atoms with Crippen LogP contribution < -0.4 is 0 Å². The number of amides is 1. The Bertz CT molecular complexity index is 632. The van der Waals surface area contributed by atoms with Crippen molar-refractivity contribution >= 4 is 43.9 Å². The Balaban J connectivity index is 1.76. The molecule has 4 nitrogen and oxygen atoms in total. The lowest BCUT2D eigenvalue weighted by Gasteiger charge is -2.35. The number of piperidine rings is 1. The molecule has 1 N–H and O–H groups in total. The molecule has 0 spiro atoms. The van der Waals surface area contributed by atoms with Gasteiger partial charge in [-0.2, -0.15) is 0 Å². The van der Waals surface area contributed by atoms with E-state index in [0.29, 0.717) is 6.42 Å². The molecule has 1 saturated heterocycles. The number of fused-ring (bicyclic) bond motifs is 1. The molecule has 1 atom stereocenters. The molecule has 0 saturated carbocycles. The molecule has 1 unspecified atom stereocenters. The molecule has 2 aromatic rings. The van der Waals surface area contributed by atoms with E-state index in [1.165, 1.54) is 11.3 Å². The molecule has 3 rings (SSSR count). The summed E-state index contributed by atoms with van der Waals surface area (Å²) in [7, 11) is 0. The van der Waals surface area contributed by atoms with Crippen LogP contribution in [0.15, 0.2) is 17.5 Å². The van der Waals surface area contributed by atoms with Gasteiger partial charge in [0.1, 0.15) is 0 Å². The summed E-state index contributed by atoms with van der Waals surface area (Å²) in [5.74, 6) is -0.719. The van der Waals surface area contributed by atoms with E-state index < -0.39 is 5.97 Å². The fourth-order valence-electron chi connectivity index (χ4n) is 2.87. The van der Waals surface area contributed by atoms with E-state index in [9.17, 15) is 9.59 Å². The summed E-state index contributed by atoms with van der Waals surface area (Å²) in [6.45, 7) is 0.745. The third-order valence-corrected chi connectivity index (χ3v) is 6.01. The van der Waals surface area contributed by atoms with Gasteiger partial charge in [0.15, 0.2) is 0 Å². The molecule has 1 fully saturated rings. The van der Waals surface area contributed by atoms with Gasteiger partial charge < -0.3 is 10.0 Å². The van der Waals surface area contributed by atoms with Gasteiger partial charge in [0.2, 0.25) is 0 Å². The van der Waals surface area contributed by atoms with Gasteiger partial charge in [-0.3, -0.25) is 9.59 Å². The van der Waals surface area contributed by atoms with Crippen molar-refractivity contribution in [3.05, 3.63) is 22.4 Å². The number of aliphatic carboxylic acids is 1. The molecule has 6 heteroatoms. The maximum Gasteiger partial charge on any atom is 0.303 e. The molecule has 2 aromatic heterocycles. The molecule has 112 valence electrons. The number of hydrogen-bond donors (Lipinski definition) is 1.